The van der Waals surface area contributed by atoms with Gasteiger partial charge in [0.2, 0.25) is 15.8 Å². The van der Waals surface area contributed by atoms with Crippen molar-refractivity contribution in [3.63, 3.8) is 0 Å². The zero-order valence-corrected chi connectivity index (χ0v) is 10.5. The number of pyridine rings is 1. The molecule has 1 N–H and O–H groups in total. The fraction of sp³-hybridized carbons (Fsp3) is 0.444. The third-order valence-corrected chi connectivity index (χ3v) is 4.09. The van der Waals surface area contributed by atoms with Gasteiger partial charge in [0.1, 0.15) is 0 Å². The summed E-state index contributed by atoms with van der Waals surface area (Å²) in [5.41, 5.74) is -0.375. The molecule has 17 heavy (non-hydrogen) atoms. The van der Waals surface area contributed by atoms with Gasteiger partial charge >= 0.3 is 5.69 Å². The van der Waals surface area contributed by atoms with Crippen LogP contribution in [0.15, 0.2) is 18.3 Å². The van der Waals surface area contributed by atoms with Crippen molar-refractivity contribution in [2.24, 2.45) is 0 Å². The van der Waals surface area contributed by atoms with Crippen molar-refractivity contribution in [1.29, 1.82) is 0 Å². The van der Waals surface area contributed by atoms with Crippen molar-refractivity contribution in [1.82, 2.24) is 4.98 Å². The third-order valence-electron chi connectivity index (χ3n) is 2.02. The fourth-order valence-electron chi connectivity index (χ4n) is 0.903. The lowest BCUT2D eigenvalue weighted by Gasteiger charge is -2.19. The van der Waals surface area contributed by atoms with Crippen LogP contribution < -0.4 is 4.72 Å². The summed E-state index contributed by atoms with van der Waals surface area (Å²) in [7, 11) is -3.72. The van der Waals surface area contributed by atoms with Crippen LogP contribution in [-0.4, -0.2) is 23.1 Å². The summed E-state index contributed by atoms with van der Waals surface area (Å²) >= 11 is 0. The lowest BCUT2D eigenvalue weighted by atomic mass is 10.3. The molecule has 7 nitrogen and oxygen atoms in total. The van der Waals surface area contributed by atoms with Crippen LogP contribution in [0.1, 0.15) is 20.8 Å². The second-order valence-corrected chi connectivity index (χ2v) is 6.78. The Morgan fingerprint density at radius 1 is 1.41 bits per heavy atom. The molecular weight excluding hydrogens is 246 g/mol. The summed E-state index contributed by atoms with van der Waals surface area (Å²) in [6, 6.07) is 2.56. The predicted octanol–water partition coefficient (Wildman–Crippen LogP) is 1.53. The molecule has 0 aromatic carbocycles. The van der Waals surface area contributed by atoms with E-state index in [4.69, 9.17) is 0 Å². The number of sulfonamides is 1. The lowest BCUT2D eigenvalue weighted by molar-refractivity contribution is -0.384. The highest BCUT2D eigenvalue weighted by Gasteiger charge is 2.31. The highest BCUT2D eigenvalue weighted by Crippen LogP contribution is 2.25. The largest absolute Gasteiger partial charge is 0.312 e. The SMILES string of the molecule is CC(C)(C)S(=O)(=O)Nc1ncccc1[N+](=O)[O-]. The van der Waals surface area contributed by atoms with Crippen LogP contribution in [-0.2, 0) is 10.0 Å². The summed E-state index contributed by atoms with van der Waals surface area (Å²) in [6.45, 7) is 4.47. The van der Waals surface area contributed by atoms with Gasteiger partial charge < -0.3 is 0 Å². The second-order valence-electron chi connectivity index (χ2n) is 4.35. The standard InChI is InChI=1S/C9H13N3O4S/c1-9(2,3)17(15,16)11-8-7(12(13)14)5-4-6-10-8/h4-6H,1-3H3,(H,10,11). The molecule has 0 saturated carbocycles. The van der Waals surface area contributed by atoms with Gasteiger partial charge in [0.05, 0.1) is 9.67 Å². The maximum atomic E-state index is 11.8. The van der Waals surface area contributed by atoms with Gasteiger partial charge in [0.25, 0.3) is 0 Å². The summed E-state index contributed by atoms with van der Waals surface area (Å²) in [6.07, 6.45) is 1.29. The molecule has 1 heterocycles. The van der Waals surface area contributed by atoms with Crippen molar-refractivity contribution < 1.29 is 13.3 Å². The molecule has 1 rings (SSSR count). The monoisotopic (exact) mass is 259 g/mol. The summed E-state index contributed by atoms with van der Waals surface area (Å²) in [5.74, 6) is -0.271. The van der Waals surface area contributed by atoms with E-state index in [1.165, 1.54) is 39.1 Å². The second kappa shape index (κ2) is 4.28. The molecule has 1 aromatic heterocycles. The van der Waals surface area contributed by atoms with Gasteiger partial charge in [-0.3, -0.25) is 14.8 Å². The van der Waals surface area contributed by atoms with Crippen molar-refractivity contribution >= 4 is 21.5 Å². The van der Waals surface area contributed by atoms with E-state index in [9.17, 15) is 18.5 Å². The van der Waals surface area contributed by atoms with E-state index in [0.29, 0.717) is 0 Å². The Balaban J connectivity index is 3.18. The molecule has 0 radical (unpaired) electrons. The third kappa shape index (κ3) is 2.90. The molecule has 0 amide bonds. The first-order valence-corrected chi connectivity index (χ1v) is 6.25. The maximum absolute atomic E-state index is 11.8. The molecule has 0 saturated heterocycles. The van der Waals surface area contributed by atoms with Gasteiger partial charge in [-0.05, 0) is 26.8 Å². The molecule has 0 fully saturated rings. The quantitative estimate of drug-likeness (QED) is 0.655. The lowest BCUT2D eigenvalue weighted by Crippen LogP contribution is -2.34. The van der Waals surface area contributed by atoms with E-state index in [1.54, 1.807) is 0 Å². The number of aromatic nitrogens is 1. The summed E-state index contributed by atoms with van der Waals surface area (Å²) in [5, 5.41) is 10.7. The molecule has 0 unspecified atom stereocenters. The zero-order chi connectivity index (χ0) is 13.3. The highest BCUT2D eigenvalue weighted by atomic mass is 32.2. The van der Waals surface area contributed by atoms with Gasteiger partial charge in [-0.1, -0.05) is 0 Å². The van der Waals surface area contributed by atoms with Crippen LogP contribution in [0, 0.1) is 10.1 Å². The average Bonchev–Trinajstić information content (AvgIpc) is 2.15. The van der Waals surface area contributed by atoms with Gasteiger partial charge in [-0.2, -0.15) is 0 Å². The predicted molar refractivity (Wildman–Crippen MR) is 63.2 cm³/mol. The van der Waals surface area contributed by atoms with Crippen molar-refractivity contribution in [3.05, 3.63) is 28.4 Å². The Morgan fingerprint density at radius 2 is 2.00 bits per heavy atom. The van der Waals surface area contributed by atoms with Crippen LogP contribution in [0.2, 0.25) is 0 Å². The topological polar surface area (TPSA) is 102 Å². The normalized spacial score (nSPS) is 12.2. The smallest absolute Gasteiger partial charge is 0.261 e. The number of nitro groups is 1. The van der Waals surface area contributed by atoms with E-state index in [2.05, 4.69) is 9.71 Å². The van der Waals surface area contributed by atoms with E-state index in [-0.39, 0.29) is 11.5 Å². The minimum atomic E-state index is -3.72. The van der Waals surface area contributed by atoms with Crippen molar-refractivity contribution in [2.75, 3.05) is 4.72 Å². The zero-order valence-electron chi connectivity index (χ0n) is 9.67. The van der Waals surface area contributed by atoms with Crippen LogP contribution in [0.25, 0.3) is 0 Å². The Hall–Kier alpha value is -1.70. The van der Waals surface area contributed by atoms with Crippen LogP contribution >= 0.6 is 0 Å². The fourth-order valence-corrected chi connectivity index (χ4v) is 1.62. The van der Waals surface area contributed by atoms with Gasteiger partial charge in [-0.15, -0.1) is 0 Å². The number of nitrogens with zero attached hydrogens (tertiary/aromatic N) is 2. The summed E-state index contributed by atoms with van der Waals surface area (Å²) < 4.78 is 24.7. The van der Waals surface area contributed by atoms with Gasteiger partial charge in [0.15, 0.2) is 0 Å². The van der Waals surface area contributed by atoms with E-state index in [0.717, 1.165) is 0 Å². The minimum absolute atomic E-state index is 0.271. The van der Waals surface area contributed by atoms with Gasteiger partial charge in [-0.25, -0.2) is 13.4 Å². The number of nitrogens with one attached hydrogen (secondary N) is 1. The molecular formula is C9H13N3O4S. The Labute approximate surface area is 99.1 Å². The molecule has 0 aliphatic heterocycles. The molecule has 8 heteroatoms. The number of rotatable bonds is 3. The average molecular weight is 259 g/mol. The van der Waals surface area contributed by atoms with Crippen molar-refractivity contribution in [2.45, 2.75) is 25.5 Å². The maximum Gasteiger partial charge on any atom is 0.312 e. The van der Waals surface area contributed by atoms with Crippen LogP contribution in [0.3, 0.4) is 0 Å². The molecule has 94 valence electrons. The first-order chi connectivity index (χ1) is 7.65. The summed E-state index contributed by atoms with van der Waals surface area (Å²) in [4.78, 5) is 13.7. The van der Waals surface area contributed by atoms with E-state index in [1.807, 2.05) is 0 Å². The Morgan fingerprint density at radius 3 is 2.47 bits per heavy atom. The van der Waals surface area contributed by atoms with Crippen molar-refractivity contribution in [3.8, 4) is 0 Å². The molecule has 0 spiro atoms. The molecule has 0 aliphatic carbocycles. The van der Waals surface area contributed by atoms with Crippen LogP contribution in [0.4, 0.5) is 11.5 Å². The molecule has 0 bridgehead atoms. The van der Waals surface area contributed by atoms with Crippen LogP contribution in [0.5, 0.6) is 0 Å². The Bertz CT molecular complexity index is 533. The van der Waals surface area contributed by atoms with E-state index >= 15 is 0 Å². The minimum Gasteiger partial charge on any atom is -0.261 e. The Kier molecular flexibility index (Phi) is 3.37. The number of hydrogen-bond donors (Lipinski definition) is 1. The van der Waals surface area contributed by atoms with E-state index < -0.39 is 19.7 Å². The highest BCUT2D eigenvalue weighted by molar-refractivity contribution is 7.94. The molecule has 1 aromatic rings. The molecule has 0 aliphatic rings. The number of anilines is 1. The first kappa shape index (κ1) is 13.4. The first-order valence-electron chi connectivity index (χ1n) is 4.77. The number of hydrogen-bond acceptors (Lipinski definition) is 5. The molecule has 0 atom stereocenters. The van der Waals surface area contributed by atoms with Gasteiger partial charge in [0, 0.05) is 12.3 Å².